The maximum Gasteiger partial charge on any atom is 0.191 e. The summed E-state index contributed by atoms with van der Waals surface area (Å²) in [4.78, 5) is 5.98. The summed E-state index contributed by atoms with van der Waals surface area (Å²) in [5.74, 6) is 0.475. The van der Waals surface area contributed by atoms with Crippen molar-refractivity contribution in [1.82, 2.24) is 4.90 Å². The Hall–Kier alpha value is -1.24. The Labute approximate surface area is 80.0 Å². The van der Waals surface area contributed by atoms with E-state index in [0.717, 1.165) is 0 Å². The predicted molar refractivity (Wildman–Crippen MR) is 54.2 cm³/mol. The van der Waals surface area contributed by atoms with Crippen LogP contribution in [0.5, 0.6) is 0 Å². The molecular weight excluding hydrogens is 164 g/mol. The van der Waals surface area contributed by atoms with E-state index in [1.807, 2.05) is 27.8 Å². The molecular formula is C9H18N4. The average Bonchev–Trinajstić information content (AvgIpc) is 2.02. The van der Waals surface area contributed by atoms with E-state index in [-0.39, 0.29) is 12.0 Å². The Kier molecular flexibility index (Phi) is 4.90. The van der Waals surface area contributed by atoms with E-state index in [0.29, 0.717) is 12.5 Å². The summed E-state index contributed by atoms with van der Waals surface area (Å²) in [7, 11) is 1.84. The molecule has 0 saturated carbocycles. The van der Waals surface area contributed by atoms with Crippen molar-refractivity contribution >= 4 is 5.96 Å². The highest BCUT2D eigenvalue weighted by Gasteiger charge is 2.07. The molecule has 0 aliphatic carbocycles. The highest BCUT2D eigenvalue weighted by Crippen LogP contribution is 1.96. The van der Waals surface area contributed by atoms with Crippen molar-refractivity contribution in [3.63, 3.8) is 0 Å². The molecule has 0 aromatic heterocycles. The molecule has 0 radical (unpaired) electrons. The number of aliphatic imine (C=N–C) groups is 1. The Morgan fingerprint density at radius 2 is 2.08 bits per heavy atom. The van der Waals surface area contributed by atoms with Crippen LogP contribution in [-0.2, 0) is 0 Å². The van der Waals surface area contributed by atoms with E-state index in [1.54, 1.807) is 4.90 Å². The second kappa shape index (κ2) is 5.41. The zero-order chi connectivity index (χ0) is 10.4. The fourth-order valence-electron chi connectivity index (χ4n) is 0.908. The first-order valence-corrected chi connectivity index (χ1v) is 4.41. The molecule has 1 atom stereocenters. The SMILES string of the molecule is CC(C#N)CN(C)C(N)=NC(C)C. The lowest BCUT2D eigenvalue weighted by Crippen LogP contribution is -2.37. The molecule has 0 aliphatic rings. The molecule has 13 heavy (non-hydrogen) atoms. The van der Waals surface area contributed by atoms with E-state index in [9.17, 15) is 0 Å². The van der Waals surface area contributed by atoms with Crippen LogP contribution in [0, 0.1) is 17.2 Å². The summed E-state index contributed by atoms with van der Waals surface area (Å²) in [5, 5.41) is 8.59. The number of nitrogens with zero attached hydrogens (tertiary/aromatic N) is 3. The van der Waals surface area contributed by atoms with E-state index in [1.165, 1.54) is 0 Å². The first kappa shape index (κ1) is 11.8. The van der Waals surface area contributed by atoms with Crippen LogP contribution in [-0.4, -0.2) is 30.5 Å². The van der Waals surface area contributed by atoms with Gasteiger partial charge in [0.1, 0.15) is 0 Å². The van der Waals surface area contributed by atoms with Crippen LogP contribution < -0.4 is 5.73 Å². The zero-order valence-electron chi connectivity index (χ0n) is 8.78. The largest absolute Gasteiger partial charge is 0.370 e. The molecule has 0 aliphatic heterocycles. The number of nitriles is 1. The topological polar surface area (TPSA) is 65.4 Å². The summed E-state index contributed by atoms with van der Waals surface area (Å²) in [5.41, 5.74) is 5.69. The second-order valence-electron chi connectivity index (χ2n) is 3.49. The van der Waals surface area contributed by atoms with Crippen molar-refractivity contribution in [3.8, 4) is 6.07 Å². The van der Waals surface area contributed by atoms with Crippen molar-refractivity contribution in [2.75, 3.05) is 13.6 Å². The second-order valence-corrected chi connectivity index (χ2v) is 3.49. The van der Waals surface area contributed by atoms with E-state index in [2.05, 4.69) is 11.1 Å². The molecule has 0 rings (SSSR count). The smallest absolute Gasteiger partial charge is 0.191 e. The van der Waals surface area contributed by atoms with Crippen LogP contribution in [0.15, 0.2) is 4.99 Å². The van der Waals surface area contributed by atoms with E-state index in [4.69, 9.17) is 11.0 Å². The first-order chi connectivity index (χ1) is 5.97. The van der Waals surface area contributed by atoms with Crippen LogP contribution in [0.1, 0.15) is 20.8 Å². The normalized spacial score (nSPS) is 14.0. The molecule has 1 unspecified atom stereocenters. The Morgan fingerprint density at radius 1 is 1.54 bits per heavy atom. The number of rotatable bonds is 3. The minimum atomic E-state index is -0.0223. The van der Waals surface area contributed by atoms with E-state index >= 15 is 0 Å². The molecule has 4 heteroatoms. The van der Waals surface area contributed by atoms with Crippen LogP contribution in [0.3, 0.4) is 0 Å². The van der Waals surface area contributed by atoms with Gasteiger partial charge in [0, 0.05) is 19.6 Å². The van der Waals surface area contributed by atoms with Gasteiger partial charge in [0.25, 0.3) is 0 Å². The first-order valence-electron chi connectivity index (χ1n) is 4.41. The van der Waals surface area contributed by atoms with Crippen molar-refractivity contribution in [1.29, 1.82) is 5.26 Å². The van der Waals surface area contributed by atoms with Crippen LogP contribution in [0.4, 0.5) is 0 Å². The lowest BCUT2D eigenvalue weighted by atomic mass is 10.2. The van der Waals surface area contributed by atoms with Gasteiger partial charge < -0.3 is 10.6 Å². The van der Waals surface area contributed by atoms with Crippen LogP contribution in [0.2, 0.25) is 0 Å². The number of nitrogens with two attached hydrogens (primary N) is 1. The maximum atomic E-state index is 8.59. The average molecular weight is 182 g/mol. The maximum absolute atomic E-state index is 8.59. The van der Waals surface area contributed by atoms with Crippen LogP contribution in [0.25, 0.3) is 0 Å². The standard InChI is InChI=1S/C9H18N4/c1-7(2)12-9(11)13(4)6-8(3)5-10/h7-8H,6H2,1-4H3,(H2,11,12). The monoisotopic (exact) mass is 182 g/mol. The van der Waals surface area contributed by atoms with Gasteiger partial charge in [0.15, 0.2) is 5.96 Å². The number of hydrogen-bond acceptors (Lipinski definition) is 2. The van der Waals surface area contributed by atoms with Gasteiger partial charge in [-0.15, -0.1) is 0 Å². The highest BCUT2D eigenvalue weighted by molar-refractivity contribution is 5.77. The Balaban J connectivity index is 4.12. The third kappa shape index (κ3) is 5.07. The third-order valence-corrected chi connectivity index (χ3v) is 1.55. The highest BCUT2D eigenvalue weighted by atomic mass is 15.2. The van der Waals surface area contributed by atoms with Gasteiger partial charge in [-0.1, -0.05) is 0 Å². The molecule has 0 aromatic carbocycles. The molecule has 0 bridgehead atoms. The molecule has 0 heterocycles. The van der Waals surface area contributed by atoms with Crippen molar-refractivity contribution in [3.05, 3.63) is 0 Å². The number of guanidine groups is 1. The molecule has 0 spiro atoms. The molecule has 0 aromatic rings. The minimum Gasteiger partial charge on any atom is -0.370 e. The third-order valence-electron chi connectivity index (χ3n) is 1.55. The summed E-state index contributed by atoms with van der Waals surface area (Å²) < 4.78 is 0. The Morgan fingerprint density at radius 3 is 2.46 bits per heavy atom. The van der Waals surface area contributed by atoms with Crippen LogP contribution >= 0.6 is 0 Å². The van der Waals surface area contributed by atoms with Gasteiger partial charge in [-0.25, -0.2) is 0 Å². The predicted octanol–water partition coefficient (Wildman–Crippen LogP) is 0.801. The quantitative estimate of drug-likeness (QED) is 0.518. The summed E-state index contributed by atoms with van der Waals surface area (Å²) in [6.07, 6.45) is 0. The minimum absolute atomic E-state index is 0.0223. The molecule has 0 fully saturated rings. The van der Waals surface area contributed by atoms with Gasteiger partial charge in [0.2, 0.25) is 0 Å². The van der Waals surface area contributed by atoms with Gasteiger partial charge in [0.05, 0.1) is 12.0 Å². The van der Waals surface area contributed by atoms with Gasteiger partial charge in [-0.05, 0) is 20.8 Å². The fourth-order valence-corrected chi connectivity index (χ4v) is 0.908. The van der Waals surface area contributed by atoms with Crippen molar-refractivity contribution < 1.29 is 0 Å². The lowest BCUT2D eigenvalue weighted by molar-refractivity contribution is 0.446. The van der Waals surface area contributed by atoms with Gasteiger partial charge in [-0.2, -0.15) is 5.26 Å². The fraction of sp³-hybridized carbons (Fsp3) is 0.778. The molecule has 4 nitrogen and oxygen atoms in total. The zero-order valence-corrected chi connectivity index (χ0v) is 8.78. The molecule has 0 amide bonds. The Bertz CT molecular complexity index is 214. The van der Waals surface area contributed by atoms with Gasteiger partial charge in [-0.3, -0.25) is 4.99 Å². The van der Waals surface area contributed by atoms with E-state index < -0.39 is 0 Å². The summed E-state index contributed by atoms with van der Waals surface area (Å²) >= 11 is 0. The molecule has 2 N–H and O–H groups in total. The summed E-state index contributed by atoms with van der Waals surface area (Å²) in [6.45, 7) is 6.42. The number of hydrogen-bond donors (Lipinski definition) is 1. The van der Waals surface area contributed by atoms with Crippen molar-refractivity contribution in [2.45, 2.75) is 26.8 Å². The van der Waals surface area contributed by atoms with Crippen molar-refractivity contribution in [2.24, 2.45) is 16.6 Å². The summed E-state index contributed by atoms with van der Waals surface area (Å²) in [6, 6.07) is 2.35. The molecule has 74 valence electrons. The molecule has 0 saturated heterocycles. The van der Waals surface area contributed by atoms with Gasteiger partial charge >= 0.3 is 0 Å². The lowest BCUT2D eigenvalue weighted by Gasteiger charge is -2.19.